The maximum absolute atomic E-state index is 14.5. The van der Waals surface area contributed by atoms with Crippen molar-refractivity contribution in [3.8, 4) is 17.2 Å². The third-order valence-corrected chi connectivity index (χ3v) is 5.37. The molecule has 0 bridgehead atoms. The number of nitrogens with zero attached hydrogens (tertiary/aromatic N) is 3. The second-order valence-corrected chi connectivity index (χ2v) is 7.50. The van der Waals surface area contributed by atoms with E-state index in [-0.39, 0.29) is 29.8 Å². The molecule has 2 aromatic rings. The molecule has 0 radical (unpaired) electrons. The lowest BCUT2D eigenvalue weighted by molar-refractivity contribution is -0.125. The molecule has 0 aromatic heterocycles. The first kappa shape index (κ1) is 24.8. The molecule has 1 aliphatic carbocycles. The standard InChI is InChI=1S/C24H28FN5O4/c1-26-22-19(10-16(25)11-21(22)34-5)24(29-23(30-27-2)15-8-17(31)9-15)28-13-14-6-7-18(32-3)12-20(14)33-4/h6-7,10-12,15,27H,1,8-9,13H2,2-5H3,(H,28,29,30). The number of rotatable bonds is 9. The van der Waals surface area contributed by atoms with Gasteiger partial charge >= 0.3 is 0 Å². The smallest absolute Gasteiger partial charge is 0.159 e. The van der Waals surface area contributed by atoms with Crippen LogP contribution in [-0.4, -0.2) is 52.5 Å². The maximum atomic E-state index is 14.5. The van der Waals surface area contributed by atoms with E-state index in [0.717, 1.165) is 5.56 Å². The monoisotopic (exact) mass is 469 g/mol. The van der Waals surface area contributed by atoms with Crippen LogP contribution in [0.3, 0.4) is 0 Å². The van der Waals surface area contributed by atoms with Gasteiger partial charge in [0, 0.05) is 43.5 Å². The minimum absolute atomic E-state index is 0.101. The first-order chi connectivity index (χ1) is 16.4. The molecule has 10 heteroatoms. The van der Waals surface area contributed by atoms with Crippen molar-refractivity contribution in [1.82, 2.24) is 10.9 Å². The molecule has 9 nitrogen and oxygen atoms in total. The van der Waals surface area contributed by atoms with E-state index in [1.54, 1.807) is 33.4 Å². The lowest BCUT2D eigenvalue weighted by Crippen LogP contribution is -2.44. The third-order valence-electron chi connectivity index (χ3n) is 5.37. The average molecular weight is 470 g/mol. The van der Waals surface area contributed by atoms with Gasteiger partial charge in [0.05, 0.1) is 33.4 Å². The number of methoxy groups -OCH3 is 3. The van der Waals surface area contributed by atoms with Gasteiger partial charge in [-0.3, -0.25) is 14.8 Å². The minimum Gasteiger partial charge on any atom is -0.497 e. The second-order valence-electron chi connectivity index (χ2n) is 7.50. The number of ketones is 1. The van der Waals surface area contributed by atoms with Crippen LogP contribution in [0.15, 0.2) is 45.3 Å². The van der Waals surface area contributed by atoms with Gasteiger partial charge in [-0.2, -0.15) is 0 Å². The predicted octanol–water partition coefficient (Wildman–Crippen LogP) is 3.23. The summed E-state index contributed by atoms with van der Waals surface area (Å²) >= 11 is 0. The van der Waals surface area contributed by atoms with E-state index in [9.17, 15) is 9.18 Å². The third kappa shape index (κ3) is 5.57. The van der Waals surface area contributed by atoms with E-state index in [1.807, 2.05) is 6.07 Å². The predicted molar refractivity (Wildman–Crippen MR) is 129 cm³/mol. The summed E-state index contributed by atoms with van der Waals surface area (Å²) in [7, 11) is 6.24. The van der Waals surface area contributed by atoms with Crippen molar-refractivity contribution in [3.63, 3.8) is 0 Å². The second kappa shape index (κ2) is 11.4. The molecule has 0 amide bonds. The van der Waals surface area contributed by atoms with E-state index >= 15 is 0 Å². The minimum atomic E-state index is -0.536. The molecule has 1 fully saturated rings. The van der Waals surface area contributed by atoms with Crippen LogP contribution in [0, 0.1) is 11.7 Å². The Morgan fingerprint density at radius 1 is 1.12 bits per heavy atom. The van der Waals surface area contributed by atoms with E-state index in [0.29, 0.717) is 41.4 Å². The van der Waals surface area contributed by atoms with Gasteiger partial charge in [-0.05, 0) is 24.9 Å². The molecule has 0 atom stereocenters. The molecule has 2 aromatic carbocycles. The summed E-state index contributed by atoms with van der Waals surface area (Å²) in [6, 6.07) is 7.89. The van der Waals surface area contributed by atoms with E-state index in [4.69, 9.17) is 14.2 Å². The van der Waals surface area contributed by atoms with Crippen molar-refractivity contribution >= 4 is 29.9 Å². The molecule has 3 rings (SSSR count). The Balaban J connectivity index is 2.13. The first-order valence-electron chi connectivity index (χ1n) is 10.6. The highest BCUT2D eigenvalue weighted by Gasteiger charge is 2.31. The number of carbonyl (C=O) groups is 1. The van der Waals surface area contributed by atoms with Crippen LogP contribution in [0.2, 0.25) is 0 Å². The summed E-state index contributed by atoms with van der Waals surface area (Å²) < 4.78 is 30.5. The van der Waals surface area contributed by atoms with Gasteiger partial charge in [0.2, 0.25) is 0 Å². The number of aliphatic imine (C=N–C) groups is 3. The number of hydrazine groups is 1. The van der Waals surface area contributed by atoms with Gasteiger partial charge in [-0.1, -0.05) is 0 Å². The molecule has 0 aliphatic heterocycles. The Morgan fingerprint density at radius 2 is 1.85 bits per heavy atom. The Kier molecular flexibility index (Phi) is 8.31. The number of ether oxygens (including phenoxy) is 3. The summed E-state index contributed by atoms with van der Waals surface area (Å²) in [5.74, 6) is 1.67. The number of nitrogens with one attached hydrogen (secondary N) is 2. The number of Topliss-reactive ketones (excluding diaryl/α,β-unsaturated/α-hetero) is 1. The highest BCUT2D eigenvalue weighted by atomic mass is 19.1. The summed E-state index contributed by atoms with van der Waals surface area (Å²) in [4.78, 5) is 25.0. The van der Waals surface area contributed by atoms with Crippen LogP contribution in [0.25, 0.3) is 0 Å². The molecular weight excluding hydrogens is 441 g/mol. The normalized spacial score (nSPS) is 14.4. The number of hydrogen-bond donors (Lipinski definition) is 2. The molecule has 1 aliphatic rings. The Hall–Kier alpha value is -3.79. The van der Waals surface area contributed by atoms with Crippen LogP contribution in [0.4, 0.5) is 10.1 Å². The zero-order valence-corrected chi connectivity index (χ0v) is 19.6. The average Bonchev–Trinajstić information content (AvgIpc) is 2.83. The number of hydrogen-bond acceptors (Lipinski definition) is 7. The van der Waals surface area contributed by atoms with Crippen molar-refractivity contribution in [2.24, 2.45) is 20.9 Å². The highest BCUT2D eigenvalue weighted by Crippen LogP contribution is 2.34. The fraction of sp³-hybridized carbons (Fsp3) is 0.333. The topological polar surface area (TPSA) is 106 Å². The SMILES string of the molecule is C=Nc1c(OC)cc(F)cc1C(=NCc1ccc(OC)cc1OC)N=C(NNC)C1CC(=O)C1. The molecule has 1 saturated carbocycles. The zero-order valence-electron chi connectivity index (χ0n) is 19.6. The Labute approximate surface area is 197 Å². The quantitative estimate of drug-likeness (QED) is 0.332. The van der Waals surface area contributed by atoms with Crippen LogP contribution in [0.1, 0.15) is 24.0 Å². The highest BCUT2D eigenvalue weighted by molar-refractivity contribution is 6.12. The fourth-order valence-electron chi connectivity index (χ4n) is 3.53. The summed E-state index contributed by atoms with van der Waals surface area (Å²) in [5.41, 5.74) is 7.20. The van der Waals surface area contributed by atoms with Gasteiger partial charge < -0.3 is 19.6 Å². The van der Waals surface area contributed by atoms with Crippen molar-refractivity contribution in [3.05, 3.63) is 47.3 Å². The van der Waals surface area contributed by atoms with E-state index in [2.05, 4.69) is 32.5 Å². The maximum Gasteiger partial charge on any atom is 0.159 e. The molecule has 0 heterocycles. The zero-order chi connectivity index (χ0) is 24.7. The number of amidine groups is 2. The van der Waals surface area contributed by atoms with Crippen LogP contribution in [0.5, 0.6) is 17.2 Å². The Bertz CT molecular complexity index is 1120. The molecule has 2 N–H and O–H groups in total. The van der Waals surface area contributed by atoms with Crippen molar-refractivity contribution in [2.75, 3.05) is 28.4 Å². The van der Waals surface area contributed by atoms with Gasteiger partial charge in [-0.25, -0.2) is 14.8 Å². The van der Waals surface area contributed by atoms with Gasteiger partial charge in [0.25, 0.3) is 0 Å². The lowest BCUT2D eigenvalue weighted by Gasteiger charge is -2.26. The van der Waals surface area contributed by atoms with Crippen molar-refractivity contribution < 1.29 is 23.4 Å². The Morgan fingerprint density at radius 3 is 2.44 bits per heavy atom. The molecular formula is C24H28FN5O4. The number of benzene rings is 2. The van der Waals surface area contributed by atoms with E-state index in [1.165, 1.54) is 19.2 Å². The summed E-state index contributed by atoms with van der Waals surface area (Å²) in [5, 5.41) is 0. The van der Waals surface area contributed by atoms with Crippen LogP contribution in [-0.2, 0) is 11.3 Å². The molecule has 0 spiro atoms. The molecule has 0 saturated heterocycles. The fourth-order valence-corrected chi connectivity index (χ4v) is 3.53. The summed E-state index contributed by atoms with van der Waals surface area (Å²) in [6.07, 6.45) is 0.734. The van der Waals surface area contributed by atoms with Gasteiger partial charge in [0.15, 0.2) is 5.84 Å². The molecule has 180 valence electrons. The molecule has 34 heavy (non-hydrogen) atoms. The lowest BCUT2D eigenvalue weighted by atomic mass is 9.83. The number of halogens is 1. The van der Waals surface area contributed by atoms with Crippen molar-refractivity contribution in [1.29, 1.82) is 0 Å². The van der Waals surface area contributed by atoms with Crippen LogP contribution < -0.4 is 25.1 Å². The van der Waals surface area contributed by atoms with E-state index < -0.39 is 5.82 Å². The van der Waals surface area contributed by atoms with Gasteiger partial charge in [0.1, 0.15) is 40.4 Å². The van der Waals surface area contributed by atoms with Crippen LogP contribution >= 0.6 is 0 Å². The molecule has 0 unspecified atom stereocenters. The first-order valence-corrected chi connectivity index (χ1v) is 10.6. The summed E-state index contributed by atoms with van der Waals surface area (Å²) in [6.45, 7) is 3.78. The largest absolute Gasteiger partial charge is 0.497 e. The van der Waals surface area contributed by atoms with Gasteiger partial charge in [-0.15, -0.1) is 0 Å². The van der Waals surface area contributed by atoms with Crippen molar-refractivity contribution in [2.45, 2.75) is 19.4 Å². The number of carbonyl (C=O) groups excluding carboxylic acids is 1.